The molecule has 0 amide bonds. The van der Waals surface area contributed by atoms with Crippen molar-refractivity contribution in [2.75, 3.05) is 0 Å². The molecule has 88 valence electrons. The molecule has 2 nitrogen and oxygen atoms in total. The molecule has 3 heteroatoms. The van der Waals surface area contributed by atoms with Crippen LogP contribution in [0.1, 0.15) is 24.2 Å². The summed E-state index contributed by atoms with van der Waals surface area (Å²) in [5, 5.41) is 10.3. The minimum atomic E-state index is -0.457. The SMILES string of the molecule is Cc1ccc(Sc2ccc(C(C)O)cn2)cc1. The molecule has 2 rings (SSSR count). The van der Waals surface area contributed by atoms with Crippen LogP contribution in [0.15, 0.2) is 52.5 Å². The first-order valence-electron chi connectivity index (χ1n) is 5.54. The summed E-state index contributed by atoms with van der Waals surface area (Å²) in [4.78, 5) is 5.49. The van der Waals surface area contributed by atoms with E-state index in [2.05, 4.69) is 36.2 Å². The van der Waals surface area contributed by atoms with Crippen molar-refractivity contribution in [2.45, 2.75) is 29.9 Å². The van der Waals surface area contributed by atoms with Gasteiger partial charge in [0.15, 0.2) is 0 Å². The van der Waals surface area contributed by atoms with Gasteiger partial charge in [-0.1, -0.05) is 35.5 Å². The lowest BCUT2D eigenvalue weighted by atomic mass is 10.2. The average Bonchev–Trinajstić information content (AvgIpc) is 2.33. The minimum Gasteiger partial charge on any atom is -0.389 e. The molecule has 1 atom stereocenters. The number of benzene rings is 1. The second kappa shape index (κ2) is 5.34. The van der Waals surface area contributed by atoms with Crippen molar-refractivity contribution in [3.63, 3.8) is 0 Å². The fourth-order valence-corrected chi connectivity index (χ4v) is 2.18. The van der Waals surface area contributed by atoms with E-state index in [-0.39, 0.29) is 0 Å². The van der Waals surface area contributed by atoms with Gasteiger partial charge in [0.25, 0.3) is 0 Å². The molecule has 0 saturated heterocycles. The van der Waals surface area contributed by atoms with Crippen LogP contribution in [-0.4, -0.2) is 10.1 Å². The molecule has 17 heavy (non-hydrogen) atoms. The summed E-state index contributed by atoms with van der Waals surface area (Å²) in [5.41, 5.74) is 2.10. The number of nitrogens with zero attached hydrogens (tertiary/aromatic N) is 1. The van der Waals surface area contributed by atoms with E-state index in [1.165, 1.54) is 10.5 Å². The Morgan fingerprint density at radius 3 is 2.35 bits per heavy atom. The van der Waals surface area contributed by atoms with Crippen molar-refractivity contribution in [3.05, 3.63) is 53.7 Å². The number of hydrogen-bond acceptors (Lipinski definition) is 3. The molecule has 0 aliphatic carbocycles. The van der Waals surface area contributed by atoms with E-state index in [0.29, 0.717) is 0 Å². The Hall–Kier alpha value is -1.32. The van der Waals surface area contributed by atoms with Crippen LogP contribution in [0.5, 0.6) is 0 Å². The van der Waals surface area contributed by atoms with Gasteiger partial charge in [-0.25, -0.2) is 4.98 Å². The number of aromatic nitrogens is 1. The lowest BCUT2D eigenvalue weighted by molar-refractivity contribution is 0.198. The maximum Gasteiger partial charge on any atom is 0.101 e. The van der Waals surface area contributed by atoms with E-state index in [0.717, 1.165) is 10.6 Å². The maximum absolute atomic E-state index is 9.39. The van der Waals surface area contributed by atoms with E-state index in [4.69, 9.17) is 0 Å². The predicted molar refractivity (Wildman–Crippen MR) is 70.2 cm³/mol. The first kappa shape index (κ1) is 12.1. The highest BCUT2D eigenvalue weighted by Gasteiger charge is 2.02. The van der Waals surface area contributed by atoms with Gasteiger partial charge in [-0.2, -0.15) is 0 Å². The zero-order valence-electron chi connectivity index (χ0n) is 9.92. The summed E-state index contributed by atoms with van der Waals surface area (Å²) in [5.74, 6) is 0. The Kier molecular flexibility index (Phi) is 3.82. The molecule has 1 N–H and O–H groups in total. The van der Waals surface area contributed by atoms with Crippen molar-refractivity contribution in [1.29, 1.82) is 0 Å². The summed E-state index contributed by atoms with van der Waals surface area (Å²) < 4.78 is 0. The van der Waals surface area contributed by atoms with Crippen LogP contribution in [0.2, 0.25) is 0 Å². The van der Waals surface area contributed by atoms with Crippen molar-refractivity contribution in [2.24, 2.45) is 0 Å². The smallest absolute Gasteiger partial charge is 0.101 e. The van der Waals surface area contributed by atoms with Crippen LogP contribution in [0.3, 0.4) is 0 Å². The van der Waals surface area contributed by atoms with E-state index >= 15 is 0 Å². The third-order valence-corrected chi connectivity index (χ3v) is 3.44. The summed E-state index contributed by atoms with van der Waals surface area (Å²) in [7, 11) is 0. The Morgan fingerprint density at radius 1 is 1.12 bits per heavy atom. The van der Waals surface area contributed by atoms with Gasteiger partial charge < -0.3 is 5.11 Å². The topological polar surface area (TPSA) is 33.1 Å². The third-order valence-electron chi connectivity index (χ3n) is 2.49. The molecule has 0 radical (unpaired) electrons. The Labute approximate surface area is 106 Å². The lowest BCUT2D eigenvalue weighted by Gasteiger charge is -2.05. The van der Waals surface area contributed by atoms with E-state index in [9.17, 15) is 5.11 Å². The maximum atomic E-state index is 9.39. The number of aryl methyl sites for hydroxylation is 1. The van der Waals surface area contributed by atoms with Crippen LogP contribution >= 0.6 is 11.8 Å². The van der Waals surface area contributed by atoms with Crippen LogP contribution in [0.4, 0.5) is 0 Å². The number of pyridine rings is 1. The molecule has 0 spiro atoms. The minimum absolute atomic E-state index is 0.457. The third kappa shape index (κ3) is 3.32. The molecule has 0 aliphatic rings. The molecule has 1 aromatic carbocycles. The highest BCUT2D eigenvalue weighted by atomic mass is 32.2. The number of aliphatic hydroxyl groups excluding tert-OH is 1. The van der Waals surface area contributed by atoms with Gasteiger partial charge >= 0.3 is 0 Å². The van der Waals surface area contributed by atoms with Gasteiger partial charge in [0, 0.05) is 11.1 Å². The fourth-order valence-electron chi connectivity index (χ4n) is 1.43. The molecular formula is C14H15NOS. The molecule has 0 saturated carbocycles. The molecule has 2 aromatic rings. The first-order chi connectivity index (χ1) is 8.15. The molecule has 0 bridgehead atoms. The quantitative estimate of drug-likeness (QED) is 0.897. The second-order valence-electron chi connectivity index (χ2n) is 4.02. The van der Waals surface area contributed by atoms with Gasteiger partial charge in [0.2, 0.25) is 0 Å². The Morgan fingerprint density at radius 2 is 1.82 bits per heavy atom. The summed E-state index contributed by atoms with van der Waals surface area (Å²) in [6, 6.07) is 12.2. The zero-order chi connectivity index (χ0) is 12.3. The average molecular weight is 245 g/mol. The van der Waals surface area contributed by atoms with E-state index in [1.807, 2.05) is 12.1 Å². The lowest BCUT2D eigenvalue weighted by Crippen LogP contribution is -1.92. The zero-order valence-corrected chi connectivity index (χ0v) is 10.7. The molecule has 1 unspecified atom stereocenters. The van der Waals surface area contributed by atoms with Crippen LogP contribution < -0.4 is 0 Å². The van der Waals surface area contributed by atoms with Gasteiger partial charge in [-0.15, -0.1) is 0 Å². The van der Waals surface area contributed by atoms with Gasteiger partial charge in [0.05, 0.1) is 6.10 Å². The van der Waals surface area contributed by atoms with Crippen LogP contribution in [0, 0.1) is 6.92 Å². The highest BCUT2D eigenvalue weighted by Crippen LogP contribution is 2.26. The van der Waals surface area contributed by atoms with E-state index in [1.54, 1.807) is 24.9 Å². The van der Waals surface area contributed by atoms with E-state index < -0.39 is 6.10 Å². The van der Waals surface area contributed by atoms with Gasteiger partial charge in [-0.05, 0) is 37.6 Å². The largest absolute Gasteiger partial charge is 0.389 e. The molecule has 1 heterocycles. The summed E-state index contributed by atoms with van der Waals surface area (Å²) in [6.45, 7) is 3.81. The van der Waals surface area contributed by atoms with Crippen molar-refractivity contribution < 1.29 is 5.11 Å². The molecule has 0 aliphatic heterocycles. The van der Waals surface area contributed by atoms with Gasteiger partial charge in [-0.3, -0.25) is 0 Å². The summed E-state index contributed by atoms with van der Waals surface area (Å²) >= 11 is 1.62. The molecular weight excluding hydrogens is 230 g/mol. The highest BCUT2D eigenvalue weighted by molar-refractivity contribution is 7.99. The van der Waals surface area contributed by atoms with Gasteiger partial charge in [0.1, 0.15) is 5.03 Å². The fraction of sp³-hybridized carbons (Fsp3) is 0.214. The van der Waals surface area contributed by atoms with Crippen LogP contribution in [0.25, 0.3) is 0 Å². The monoisotopic (exact) mass is 245 g/mol. The second-order valence-corrected chi connectivity index (χ2v) is 5.11. The standard InChI is InChI=1S/C14H15NOS/c1-10-3-6-13(7-4-10)17-14-8-5-12(9-15-14)11(2)16/h3-9,11,16H,1-2H3. The normalized spacial score (nSPS) is 12.4. The van der Waals surface area contributed by atoms with Crippen molar-refractivity contribution >= 4 is 11.8 Å². The summed E-state index contributed by atoms with van der Waals surface area (Å²) in [6.07, 6.45) is 1.27. The van der Waals surface area contributed by atoms with Crippen molar-refractivity contribution in [1.82, 2.24) is 4.98 Å². The Balaban J connectivity index is 2.11. The number of hydrogen-bond donors (Lipinski definition) is 1. The molecule has 1 aromatic heterocycles. The molecule has 0 fully saturated rings. The predicted octanol–water partition coefficient (Wildman–Crippen LogP) is 3.59. The van der Waals surface area contributed by atoms with Crippen molar-refractivity contribution in [3.8, 4) is 0 Å². The first-order valence-corrected chi connectivity index (χ1v) is 6.35. The number of aliphatic hydroxyl groups is 1. The van der Waals surface area contributed by atoms with Crippen LogP contribution in [-0.2, 0) is 0 Å². The Bertz CT molecular complexity index is 477. The number of rotatable bonds is 3.